The van der Waals surface area contributed by atoms with Crippen molar-refractivity contribution in [2.75, 3.05) is 25.0 Å². The van der Waals surface area contributed by atoms with E-state index in [4.69, 9.17) is 0 Å². The van der Waals surface area contributed by atoms with Crippen LogP contribution in [0.25, 0.3) is 10.9 Å². The minimum atomic E-state index is -4.73. The predicted molar refractivity (Wildman–Crippen MR) is 85.4 cm³/mol. The first-order valence-corrected chi connectivity index (χ1v) is 7.03. The minimum absolute atomic E-state index is 0. The second kappa shape index (κ2) is 6.80. The Bertz CT molecular complexity index is 675. The molecule has 4 nitrogen and oxygen atoms in total. The molecule has 0 aliphatic carbocycles. The van der Waals surface area contributed by atoms with Gasteiger partial charge in [-0.15, -0.1) is 25.6 Å². The standard InChI is InChI=1S/C15H16F3N3O.ClH/c1-21(10-6-8-19-9-10)12-4-5-13(22-15(16,17)18)14-11(12)3-2-7-20-14;/h2-5,7,10,19H,6,8-9H2,1H3;1H/t10-;/m0./s1. The number of ether oxygens (including phenoxy) is 1. The molecule has 1 aliphatic heterocycles. The van der Waals surface area contributed by atoms with E-state index in [2.05, 4.69) is 19.9 Å². The lowest BCUT2D eigenvalue weighted by molar-refractivity contribution is -0.274. The molecule has 23 heavy (non-hydrogen) atoms. The van der Waals surface area contributed by atoms with Crippen molar-refractivity contribution in [2.24, 2.45) is 0 Å². The Hall–Kier alpha value is -1.73. The van der Waals surface area contributed by atoms with Gasteiger partial charge in [0, 0.05) is 36.9 Å². The van der Waals surface area contributed by atoms with Gasteiger partial charge in [-0.2, -0.15) is 0 Å². The molecule has 1 aromatic carbocycles. The maximum atomic E-state index is 12.5. The van der Waals surface area contributed by atoms with Crippen LogP contribution in [0.2, 0.25) is 0 Å². The molecule has 1 aromatic heterocycles. The fourth-order valence-electron chi connectivity index (χ4n) is 2.81. The molecule has 0 unspecified atom stereocenters. The molecule has 2 aromatic rings. The molecular weight excluding hydrogens is 331 g/mol. The lowest BCUT2D eigenvalue weighted by atomic mass is 10.1. The second-order valence-corrected chi connectivity index (χ2v) is 5.29. The van der Waals surface area contributed by atoms with Crippen LogP contribution in [-0.4, -0.2) is 37.5 Å². The summed E-state index contributed by atoms with van der Waals surface area (Å²) in [7, 11) is 1.95. The third-order valence-electron chi connectivity index (χ3n) is 3.90. The summed E-state index contributed by atoms with van der Waals surface area (Å²) < 4.78 is 41.6. The lowest BCUT2D eigenvalue weighted by Crippen LogP contribution is -2.33. The summed E-state index contributed by atoms with van der Waals surface area (Å²) in [6, 6.07) is 6.78. The molecule has 1 fully saturated rings. The van der Waals surface area contributed by atoms with Crippen molar-refractivity contribution in [2.45, 2.75) is 18.8 Å². The first-order valence-electron chi connectivity index (χ1n) is 7.03. The van der Waals surface area contributed by atoms with E-state index in [-0.39, 0.29) is 23.7 Å². The quantitative estimate of drug-likeness (QED) is 0.924. The molecule has 0 radical (unpaired) electrons. The largest absolute Gasteiger partial charge is 0.573 e. The molecule has 3 rings (SSSR count). The van der Waals surface area contributed by atoms with Gasteiger partial charge < -0.3 is 15.0 Å². The Labute approximate surface area is 138 Å². The normalized spacial score (nSPS) is 17.8. The van der Waals surface area contributed by atoms with Gasteiger partial charge in [0.15, 0.2) is 5.75 Å². The highest BCUT2D eigenvalue weighted by atomic mass is 35.5. The molecule has 1 atom stereocenters. The molecule has 0 amide bonds. The van der Waals surface area contributed by atoms with Crippen molar-refractivity contribution in [3.63, 3.8) is 0 Å². The van der Waals surface area contributed by atoms with Crippen molar-refractivity contribution >= 4 is 29.0 Å². The van der Waals surface area contributed by atoms with Crippen LogP contribution in [0.4, 0.5) is 18.9 Å². The van der Waals surface area contributed by atoms with Gasteiger partial charge in [0.1, 0.15) is 5.52 Å². The Morgan fingerprint density at radius 3 is 2.74 bits per heavy atom. The van der Waals surface area contributed by atoms with Gasteiger partial charge in [0.2, 0.25) is 0 Å². The maximum absolute atomic E-state index is 12.5. The van der Waals surface area contributed by atoms with Gasteiger partial charge in [-0.05, 0) is 37.2 Å². The highest BCUT2D eigenvalue weighted by molar-refractivity contribution is 5.95. The molecule has 126 valence electrons. The second-order valence-electron chi connectivity index (χ2n) is 5.29. The van der Waals surface area contributed by atoms with Gasteiger partial charge in [0.25, 0.3) is 0 Å². The number of nitrogens with zero attached hydrogens (tertiary/aromatic N) is 2. The molecule has 0 spiro atoms. The van der Waals surface area contributed by atoms with E-state index in [0.717, 1.165) is 25.2 Å². The summed E-state index contributed by atoms with van der Waals surface area (Å²) >= 11 is 0. The smallest absolute Gasteiger partial charge is 0.403 e. The van der Waals surface area contributed by atoms with E-state index in [1.165, 1.54) is 12.3 Å². The van der Waals surface area contributed by atoms with E-state index < -0.39 is 6.36 Å². The average molecular weight is 348 g/mol. The number of benzene rings is 1. The molecular formula is C15H17ClF3N3O. The van der Waals surface area contributed by atoms with Crippen LogP contribution in [0, 0.1) is 0 Å². The first-order chi connectivity index (χ1) is 10.5. The van der Waals surface area contributed by atoms with Crippen LogP contribution < -0.4 is 15.0 Å². The number of halogens is 4. The summed E-state index contributed by atoms with van der Waals surface area (Å²) in [6.45, 7) is 1.81. The lowest BCUT2D eigenvalue weighted by Gasteiger charge is -2.27. The summed E-state index contributed by atoms with van der Waals surface area (Å²) in [5.74, 6) is -0.273. The molecule has 2 heterocycles. The third kappa shape index (κ3) is 3.79. The van der Waals surface area contributed by atoms with Crippen LogP contribution in [0.5, 0.6) is 5.75 Å². The third-order valence-corrected chi connectivity index (χ3v) is 3.90. The highest BCUT2D eigenvalue weighted by Gasteiger charge is 2.32. The highest BCUT2D eigenvalue weighted by Crippen LogP contribution is 2.35. The zero-order valence-corrected chi connectivity index (χ0v) is 13.2. The van der Waals surface area contributed by atoms with Crippen molar-refractivity contribution < 1.29 is 17.9 Å². The number of rotatable bonds is 3. The fraction of sp³-hybridized carbons (Fsp3) is 0.400. The van der Waals surface area contributed by atoms with Crippen LogP contribution in [0.1, 0.15) is 6.42 Å². The van der Waals surface area contributed by atoms with Crippen molar-refractivity contribution in [1.29, 1.82) is 0 Å². The van der Waals surface area contributed by atoms with Crippen molar-refractivity contribution in [3.05, 3.63) is 30.5 Å². The molecule has 8 heteroatoms. The predicted octanol–water partition coefficient (Wildman–Crippen LogP) is 3.35. The van der Waals surface area contributed by atoms with Gasteiger partial charge in [-0.25, -0.2) is 0 Å². The molecule has 1 aliphatic rings. The van der Waals surface area contributed by atoms with E-state index in [1.807, 2.05) is 7.05 Å². The topological polar surface area (TPSA) is 37.4 Å². The summed E-state index contributed by atoms with van der Waals surface area (Å²) in [6.07, 6.45) is -2.27. The number of likely N-dealkylation sites (N-methyl/N-ethyl adjacent to an activating group) is 1. The van der Waals surface area contributed by atoms with Gasteiger partial charge >= 0.3 is 6.36 Å². The van der Waals surface area contributed by atoms with Gasteiger partial charge in [-0.1, -0.05) is 0 Å². The number of hydrogen-bond acceptors (Lipinski definition) is 4. The van der Waals surface area contributed by atoms with Crippen molar-refractivity contribution in [3.8, 4) is 5.75 Å². The Kier molecular flexibility index (Phi) is 5.21. The van der Waals surface area contributed by atoms with E-state index in [0.29, 0.717) is 11.4 Å². The van der Waals surface area contributed by atoms with Gasteiger partial charge in [-0.3, -0.25) is 4.98 Å². The zero-order valence-electron chi connectivity index (χ0n) is 12.4. The number of aromatic nitrogens is 1. The Morgan fingerprint density at radius 2 is 2.09 bits per heavy atom. The van der Waals surface area contributed by atoms with E-state index >= 15 is 0 Å². The summed E-state index contributed by atoms with van der Waals surface area (Å²) in [5, 5.41) is 3.93. The summed E-state index contributed by atoms with van der Waals surface area (Å²) in [4.78, 5) is 6.15. The van der Waals surface area contributed by atoms with Gasteiger partial charge in [0.05, 0.1) is 0 Å². The molecule has 0 saturated carbocycles. The molecule has 0 bridgehead atoms. The Balaban J connectivity index is 0.00000192. The van der Waals surface area contributed by atoms with E-state index in [9.17, 15) is 13.2 Å². The van der Waals surface area contributed by atoms with Crippen LogP contribution in [0.15, 0.2) is 30.5 Å². The first kappa shape index (κ1) is 17.6. The monoisotopic (exact) mass is 347 g/mol. The molecule has 1 N–H and O–H groups in total. The van der Waals surface area contributed by atoms with Crippen LogP contribution >= 0.6 is 12.4 Å². The Morgan fingerprint density at radius 1 is 1.30 bits per heavy atom. The number of hydrogen-bond donors (Lipinski definition) is 1. The number of nitrogens with one attached hydrogen (secondary N) is 1. The number of pyridine rings is 1. The van der Waals surface area contributed by atoms with Crippen LogP contribution in [-0.2, 0) is 0 Å². The zero-order chi connectivity index (χ0) is 15.7. The SMILES string of the molecule is CN(c1ccc(OC(F)(F)F)c2ncccc12)[C@H]1CCNC1.Cl. The number of anilines is 1. The van der Waals surface area contributed by atoms with Crippen molar-refractivity contribution in [1.82, 2.24) is 10.3 Å². The fourth-order valence-corrected chi connectivity index (χ4v) is 2.81. The summed E-state index contributed by atoms with van der Waals surface area (Å²) in [5.41, 5.74) is 1.07. The van der Waals surface area contributed by atoms with E-state index in [1.54, 1.807) is 18.2 Å². The average Bonchev–Trinajstić information content (AvgIpc) is 3.00. The number of fused-ring (bicyclic) bond motifs is 1. The molecule has 1 saturated heterocycles. The van der Waals surface area contributed by atoms with Crippen LogP contribution in [0.3, 0.4) is 0 Å². The number of alkyl halides is 3. The maximum Gasteiger partial charge on any atom is 0.573 e. The minimum Gasteiger partial charge on any atom is -0.403 e.